The van der Waals surface area contributed by atoms with Crippen LogP contribution < -0.4 is 0 Å². The maximum atomic E-state index is 11.0. The largest absolute Gasteiger partial charge is 0.481 e. The molecule has 1 saturated heterocycles. The predicted octanol–water partition coefficient (Wildman–Crippen LogP) is 1.83. The molecule has 2 unspecified atom stereocenters. The third-order valence-electron chi connectivity index (χ3n) is 2.77. The van der Waals surface area contributed by atoms with E-state index in [1.54, 1.807) is 6.08 Å². The van der Waals surface area contributed by atoms with Gasteiger partial charge in [-0.1, -0.05) is 13.0 Å². The summed E-state index contributed by atoms with van der Waals surface area (Å²) in [4.78, 5) is 11.0. The summed E-state index contributed by atoms with van der Waals surface area (Å²) in [5, 5.41) is 9.08. The molecule has 0 aromatic rings. The van der Waals surface area contributed by atoms with Crippen LogP contribution in [0.1, 0.15) is 26.2 Å². The lowest BCUT2D eigenvalue weighted by Crippen LogP contribution is -2.39. The average Bonchev–Trinajstić information content (AvgIpc) is 2.17. The summed E-state index contributed by atoms with van der Waals surface area (Å²) in [5.41, 5.74) is -0.751. The van der Waals surface area contributed by atoms with Crippen LogP contribution in [0.4, 0.5) is 0 Å². The van der Waals surface area contributed by atoms with Crippen molar-refractivity contribution in [2.24, 2.45) is 5.41 Å². The molecule has 0 aromatic heterocycles. The number of aliphatic carboxylic acids is 1. The van der Waals surface area contributed by atoms with Crippen LogP contribution in [0.25, 0.3) is 0 Å². The van der Waals surface area contributed by atoms with E-state index in [1.807, 2.05) is 6.92 Å². The van der Waals surface area contributed by atoms with Crippen molar-refractivity contribution in [3.63, 3.8) is 0 Å². The monoisotopic (exact) mass is 184 g/mol. The van der Waals surface area contributed by atoms with Crippen molar-refractivity contribution in [3.8, 4) is 0 Å². The van der Waals surface area contributed by atoms with Crippen LogP contribution in [0.2, 0.25) is 0 Å². The fraction of sp³-hybridized carbons (Fsp3) is 0.700. The Hall–Kier alpha value is -0.830. The molecule has 0 bridgehead atoms. The minimum absolute atomic E-state index is 0.0721. The van der Waals surface area contributed by atoms with Crippen molar-refractivity contribution in [3.05, 3.63) is 12.7 Å². The smallest absolute Gasteiger partial charge is 0.313 e. The Morgan fingerprint density at radius 3 is 3.00 bits per heavy atom. The molecular formula is C10H16O3. The van der Waals surface area contributed by atoms with Crippen molar-refractivity contribution in [1.82, 2.24) is 0 Å². The molecular weight excluding hydrogens is 168 g/mol. The van der Waals surface area contributed by atoms with E-state index in [9.17, 15) is 4.79 Å². The van der Waals surface area contributed by atoms with Gasteiger partial charge >= 0.3 is 5.97 Å². The molecule has 0 spiro atoms. The van der Waals surface area contributed by atoms with Crippen LogP contribution >= 0.6 is 0 Å². The number of carbonyl (C=O) groups is 1. The maximum Gasteiger partial charge on any atom is 0.313 e. The van der Waals surface area contributed by atoms with Crippen LogP contribution in [0, 0.1) is 5.41 Å². The fourth-order valence-electron chi connectivity index (χ4n) is 1.70. The molecule has 74 valence electrons. The Morgan fingerprint density at radius 2 is 2.54 bits per heavy atom. The van der Waals surface area contributed by atoms with Crippen molar-refractivity contribution < 1.29 is 14.6 Å². The van der Waals surface area contributed by atoms with E-state index < -0.39 is 11.4 Å². The van der Waals surface area contributed by atoms with Crippen molar-refractivity contribution in [2.75, 3.05) is 6.61 Å². The average molecular weight is 184 g/mol. The van der Waals surface area contributed by atoms with Crippen LogP contribution in [0.5, 0.6) is 0 Å². The molecule has 0 radical (unpaired) electrons. The lowest BCUT2D eigenvalue weighted by atomic mass is 9.77. The summed E-state index contributed by atoms with van der Waals surface area (Å²) >= 11 is 0. The maximum absolute atomic E-state index is 11.0. The minimum atomic E-state index is -0.774. The molecule has 0 saturated carbocycles. The van der Waals surface area contributed by atoms with E-state index in [0.29, 0.717) is 19.4 Å². The minimum Gasteiger partial charge on any atom is -0.481 e. The highest BCUT2D eigenvalue weighted by Crippen LogP contribution is 2.35. The second-order valence-corrected chi connectivity index (χ2v) is 3.52. The lowest BCUT2D eigenvalue weighted by molar-refractivity contribution is -0.154. The number of carboxylic acid groups (broad SMARTS) is 1. The van der Waals surface area contributed by atoms with Gasteiger partial charge in [-0.25, -0.2) is 0 Å². The molecule has 1 rings (SSSR count). The highest BCUT2D eigenvalue weighted by molar-refractivity contribution is 5.77. The molecule has 1 aliphatic rings. The van der Waals surface area contributed by atoms with E-state index in [0.717, 1.165) is 6.42 Å². The number of rotatable bonds is 3. The van der Waals surface area contributed by atoms with Gasteiger partial charge in [0.15, 0.2) is 0 Å². The van der Waals surface area contributed by atoms with E-state index in [2.05, 4.69) is 6.58 Å². The number of hydrogen-bond acceptors (Lipinski definition) is 2. The first-order valence-electron chi connectivity index (χ1n) is 4.63. The van der Waals surface area contributed by atoms with Crippen LogP contribution in [-0.4, -0.2) is 23.8 Å². The highest BCUT2D eigenvalue weighted by Gasteiger charge is 2.40. The van der Waals surface area contributed by atoms with Crippen LogP contribution in [0.3, 0.4) is 0 Å². The summed E-state index contributed by atoms with van der Waals surface area (Å²) in [7, 11) is 0. The normalized spacial score (nSPS) is 34.1. The van der Waals surface area contributed by atoms with Gasteiger partial charge in [0, 0.05) is 6.61 Å². The Balaban J connectivity index is 2.75. The zero-order chi connectivity index (χ0) is 9.90. The Morgan fingerprint density at radius 1 is 1.85 bits per heavy atom. The summed E-state index contributed by atoms with van der Waals surface area (Å²) in [5.74, 6) is -0.774. The lowest BCUT2D eigenvalue weighted by Gasteiger charge is -2.34. The summed E-state index contributed by atoms with van der Waals surface area (Å²) < 4.78 is 5.42. The SMILES string of the molecule is C=CC1(C(=O)O)CCOC(CC)C1. The zero-order valence-corrected chi connectivity index (χ0v) is 7.95. The topological polar surface area (TPSA) is 46.5 Å². The number of hydrogen-bond donors (Lipinski definition) is 1. The molecule has 0 aromatic carbocycles. The van der Waals surface area contributed by atoms with Crippen molar-refractivity contribution in [1.29, 1.82) is 0 Å². The molecule has 13 heavy (non-hydrogen) atoms. The molecule has 3 nitrogen and oxygen atoms in total. The fourth-order valence-corrected chi connectivity index (χ4v) is 1.70. The van der Waals surface area contributed by atoms with Gasteiger partial charge in [0.1, 0.15) is 0 Å². The predicted molar refractivity (Wildman–Crippen MR) is 49.5 cm³/mol. The van der Waals surface area contributed by atoms with E-state index in [1.165, 1.54) is 0 Å². The second kappa shape index (κ2) is 3.92. The van der Waals surface area contributed by atoms with Gasteiger partial charge in [-0.2, -0.15) is 0 Å². The summed E-state index contributed by atoms with van der Waals surface area (Å²) in [6.45, 7) is 6.14. The van der Waals surface area contributed by atoms with Crippen molar-refractivity contribution >= 4 is 5.97 Å². The van der Waals surface area contributed by atoms with Crippen LogP contribution in [0.15, 0.2) is 12.7 Å². The van der Waals surface area contributed by atoms with Gasteiger partial charge in [-0.3, -0.25) is 4.79 Å². The molecule has 2 atom stereocenters. The van der Waals surface area contributed by atoms with Crippen LogP contribution in [-0.2, 0) is 9.53 Å². The third-order valence-corrected chi connectivity index (χ3v) is 2.77. The zero-order valence-electron chi connectivity index (χ0n) is 7.95. The second-order valence-electron chi connectivity index (χ2n) is 3.52. The van der Waals surface area contributed by atoms with Crippen molar-refractivity contribution in [2.45, 2.75) is 32.3 Å². The van der Waals surface area contributed by atoms with Gasteiger partial charge in [0.25, 0.3) is 0 Å². The molecule has 1 fully saturated rings. The molecule has 1 N–H and O–H groups in total. The van der Waals surface area contributed by atoms with E-state index in [-0.39, 0.29) is 6.10 Å². The van der Waals surface area contributed by atoms with Gasteiger partial charge in [0.2, 0.25) is 0 Å². The van der Waals surface area contributed by atoms with E-state index in [4.69, 9.17) is 9.84 Å². The quantitative estimate of drug-likeness (QED) is 0.681. The number of ether oxygens (including phenoxy) is 1. The molecule has 0 aliphatic carbocycles. The van der Waals surface area contributed by atoms with Gasteiger partial charge in [-0.05, 0) is 19.3 Å². The Labute approximate surface area is 78.4 Å². The molecule has 0 amide bonds. The Kier molecular flexibility index (Phi) is 3.09. The van der Waals surface area contributed by atoms with Gasteiger partial charge in [-0.15, -0.1) is 6.58 Å². The first-order valence-corrected chi connectivity index (χ1v) is 4.63. The molecule has 3 heteroatoms. The van der Waals surface area contributed by atoms with E-state index >= 15 is 0 Å². The highest BCUT2D eigenvalue weighted by atomic mass is 16.5. The Bertz CT molecular complexity index is 212. The summed E-state index contributed by atoms with van der Waals surface area (Å²) in [6, 6.07) is 0. The third kappa shape index (κ3) is 1.91. The van der Waals surface area contributed by atoms with Gasteiger partial charge < -0.3 is 9.84 Å². The standard InChI is InChI=1S/C10H16O3/c1-3-8-7-10(4-2,9(11)12)5-6-13-8/h4,8H,2-3,5-7H2,1H3,(H,11,12). The summed E-state index contributed by atoms with van der Waals surface area (Å²) in [6.07, 6.45) is 3.59. The number of carboxylic acids is 1. The first kappa shape index (κ1) is 10.3. The molecule has 1 aliphatic heterocycles. The van der Waals surface area contributed by atoms with Gasteiger partial charge in [0.05, 0.1) is 11.5 Å². The first-order chi connectivity index (χ1) is 6.14. The molecule has 1 heterocycles.